The summed E-state index contributed by atoms with van der Waals surface area (Å²) < 4.78 is 7.92. The van der Waals surface area contributed by atoms with Gasteiger partial charge in [-0.1, -0.05) is 36.3 Å². The van der Waals surface area contributed by atoms with Crippen molar-refractivity contribution in [1.82, 2.24) is 24.4 Å². The maximum atomic E-state index is 5.94. The zero-order chi connectivity index (χ0) is 21.7. The minimum atomic E-state index is -0.196. The molecule has 7 heteroatoms. The van der Waals surface area contributed by atoms with E-state index in [-0.39, 0.29) is 5.41 Å². The highest BCUT2D eigenvalue weighted by Gasteiger charge is 2.35. The summed E-state index contributed by atoms with van der Waals surface area (Å²) in [4.78, 5) is 14.7. The Morgan fingerprint density at radius 1 is 1.16 bits per heavy atom. The number of ether oxygens (including phenoxy) is 1. The number of hydrogen-bond acceptors (Lipinski definition) is 6. The van der Waals surface area contributed by atoms with E-state index >= 15 is 0 Å². The number of unbranched alkanes of at least 4 members (excludes halogenated alkanes) is 1. The Kier molecular flexibility index (Phi) is 6.08. The lowest BCUT2D eigenvalue weighted by Crippen LogP contribution is -2.41. The Labute approximate surface area is 183 Å². The molecule has 1 aliphatic heterocycles. The van der Waals surface area contributed by atoms with Gasteiger partial charge in [-0.3, -0.25) is 0 Å². The Hall–Kier alpha value is -3.53. The van der Waals surface area contributed by atoms with Gasteiger partial charge >= 0.3 is 0 Å². The molecule has 1 aliphatic rings. The minimum Gasteiger partial charge on any atom is -0.479 e. The molecule has 1 fully saturated rings. The van der Waals surface area contributed by atoms with Crippen LogP contribution in [0.2, 0.25) is 0 Å². The summed E-state index contributed by atoms with van der Waals surface area (Å²) in [5.74, 6) is 4.20. The lowest BCUT2D eigenvalue weighted by Gasteiger charge is -2.40. The second-order valence-corrected chi connectivity index (χ2v) is 7.90. The summed E-state index contributed by atoms with van der Waals surface area (Å²) in [6.45, 7) is 7.25. The zero-order valence-corrected chi connectivity index (χ0v) is 17.7. The van der Waals surface area contributed by atoms with E-state index < -0.39 is 0 Å². The van der Waals surface area contributed by atoms with Gasteiger partial charge in [0.25, 0.3) is 0 Å². The molecule has 1 aromatic carbocycles. The number of likely N-dealkylation sites (tertiary alicyclic amines) is 1. The highest BCUT2D eigenvalue weighted by Crippen LogP contribution is 2.35. The van der Waals surface area contributed by atoms with Crippen molar-refractivity contribution < 1.29 is 4.74 Å². The number of aryl methyl sites for hydroxylation is 1. The lowest BCUT2D eigenvalue weighted by molar-refractivity contribution is 0.0872. The fraction of sp³-hybridized carbons (Fsp3) is 0.375. The molecule has 3 heterocycles. The number of nitrogens with zero attached hydrogens (tertiary/aromatic N) is 5. The molecule has 31 heavy (non-hydrogen) atoms. The average molecular weight is 417 g/mol. The third-order valence-electron chi connectivity index (χ3n) is 6.06. The average Bonchev–Trinajstić information content (AvgIpc) is 3.24. The molecule has 2 aromatic heterocycles. The van der Waals surface area contributed by atoms with Crippen LogP contribution < -0.4 is 5.73 Å². The predicted octanol–water partition coefficient (Wildman–Crippen LogP) is 3.34. The summed E-state index contributed by atoms with van der Waals surface area (Å²) in [6, 6.07) is 10.4. The second kappa shape index (κ2) is 9.09. The van der Waals surface area contributed by atoms with Crippen molar-refractivity contribution in [2.75, 3.05) is 25.4 Å². The normalized spacial score (nSPS) is 15.5. The number of benzene rings is 1. The number of rotatable bonds is 8. The van der Waals surface area contributed by atoms with Gasteiger partial charge in [-0.15, -0.1) is 6.42 Å². The fourth-order valence-corrected chi connectivity index (χ4v) is 4.14. The van der Waals surface area contributed by atoms with Crippen LogP contribution in [0.1, 0.15) is 31.2 Å². The van der Waals surface area contributed by atoms with Gasteiger partial charge in [-0.2, -0.15) is 0 Å². The molecule has 0 spiro atoms. The number of nitrogen functional groups attached to an aromatic ring is 1. The van der Waals surface area contributed by atoms with Gasteiger partial charge < -0.3 is 19.9 Å². The van der Waals surface area contributed by atoms with Gasteiger partial charge in [0, 0.05) is 19.6 Å². The number of anilines is 1. The molecule has 0 saturated carbocycles. The van der Waals surface area contributed by atoms with Crippen molar-refractivity contribution in [3.8, 4) is 12.3 Å². The fourth-order valence-electron chi connectivity index (χ4n) is 4.14. The van der Waals surface area contributed by atoms with Crippen LogP contribution in [0.15, 0.2) is 55.4 Å². The molecule has 0 atom stereocenters. The highest BCUT2D eigenvalue weighted by molar-refractivity contribution is 5.81. The standard InChI is InChI=1S/C24H28N6O/c1-3-24(20-9-5-4-6-10-20)11-14-29(15-12-24)19(2)31-16-8-7-13-30-18-28-21-22(25)26-17-27-23(21)30/h1,4-6,9-10,17-18H,2,7-8,11-16H2,(H2,25,26,27). The number of fused-ring (bicyclic) bond motifs is 1. The maximum absolute atomic E-state index is 5.94. The smallest absolute Gasteiger partial charge is 0.181 e. The molecule has 2 N–H and O–H groups in total. The van der Waals surface area contributed by atoms with Gasteiger partial charge in [-0.25, -0.2) is 15.0 Å². The highest BCUT2D eigenvalue weighted by atomic mass is 16.5. The van der Waals surface area contributed by atoms with E-state index in [0.717, 1.165) is 56.8 Å². The van der Waals surface area contributed by atoms with Crippen molar-refractivity contribution >= 4 is 17.0 Å². The van der Waals surface area contributed by atoms with Gasteiger partial charge in [0.15, 0.2) is 17.3 Å². The van der Waals surface area contributed by atoms with Crippen molar-refractivity contribution in [2.45, 2.75) is 37.6 Å². The van der Waals surface area contributed by atoms with Crippen molar-refractivity contribution in [2.24, 2.45) is 0 Å². The molecule has 3 aromatic rings. The summed E-state index contributed by atoms with van der Waals surface area (Å²) >= 11 is 0. The van der Waals surface area contributed by atoms with Crippen LogP contribution in [0.3, 0.4) is 0 Å². The van der Waals surface area contributed by atoms with Crippen LogP contribution in [0.4, 0.5) is 5.82 Å². The quantitative estimate of drug-likeness (QED) is 0.345. The van der Waals surface area contributed by atoms with E-state index in [1.807, 2.05) is 10.6 Å². The van der Waals surface area contributed by atoms with E-state index in [0.29, 0.717) is 17.9 Å². The minimum absolute atomic E-state index is 0.196. The Bertz CT molecular complexity index is 1080. The van der Waals surface area contributed by atoms with E-state index in [4.69, 9.17) is 16.9 Å². The Morgan fingerprint density at radius 2 is 1.94 bits per heavy atom. The number of nitrogens with two attached hydrogens (primary N) is 1. The molecular formula is C24H28N6O. The largest absolute Gasteiger partial charge is 0.479 e. The molecule has 7 nitrogen and oxygen atoms in total. The van der Waals surface area contributed by atoms with Crippen LogP contribution in [-0.4, -0.2) is 44.1 Å². The molecule has 0 unspecified atom stereocenters. The third-order valence-corrected chi connectivity index (χ3v) is 6.06. The SMILES string of the molecule is C#CC1(c2ccccc2)CCN(C(=C)OCCCCn2cnc3c(N)ncnc32)CC1. The van der Waals surface area contributed by atoms with Gasteiger partial charge in [-0.05, 0) is 37.8 Å². The number of hydrogen-bond donors (Lipinski definition) is 1. The molecular weight excluding hydrogens is 388 g/mol. The molecule has 0 aliphatic carbocycles. The van der Waals surface area contributed by atoms with Gasteiger partial charge in [0.2, 0.25) is 0 Å². The molecule has 1 saturated heterocycles. The summed E-state index contributed by atoms with van der Waals surface area (Å²) in [5, 5.41) is 0. The van der Waals surface area contributed by atoms with E-state index in [9.17, 15) is 0 Å². The van der Waals surface area contributed by atoms with E-state index in [2.05, 4.69) is 56.6 Å². The van der Waals surface area contributed by atoms with Crippen LogP contribution in [0.5, 0.6) is 0 Å². The number of aromatic nitrogens is 4. The number of piperidine rings is 1. The first-order chi connectivity index (χ1) is 15.1. The summed E-state index contributed by atoms with van der Waals surface area (Å²) in [7, 11) is 0. The van der Waals surface area contributed by atoms with Crippen molar-refractivity contribution in [3.05, 3.63) is 61.0 Å². The van der Waals surface area contributed by atoms with Crippen molar-refractivity contribution in [1.29, 1.82) is 0 Å². The monoisotopic (exact) mass is 416 g/mol. The van der Waals surface area contributed by atoms with Gasteiger partial charge in [0.1, 0.15) is 11.8 Å². The van der Waals surface area contributed by atoms with Crippen LogP contribution in [-0.2, 0) is 16.7 Å². The van der Waals surface area contributed by atoms with E-state index in [1.165, 1.54) is 11.9 Å². The molecule has 0 amide bonds. The topological polar surface area (TPSA) is 82.1 Å². The molecule has 0 radical (unpaired) electrons. The summed E-state index contributed by atoms with van der Waals surface area (Å²) in [6.07, 6.45) is 12.8. The Morgan fingerprint density at radius 3 is 2.68 bits per heavy atom. The summed E-state index contributed by atoms with van der Waals surface area (Å²) in [5.41, 5.74) is 8.28. The molecule has 4 rings (SSSR count). The number of terminal acetylenes is 1. The number of imidazole rings is 1. The first kappa shape index (κ1) is 20.7. The first-order valence-electron chi connectivity index (χ1n) is 10.6. The van der Waals surface area contributed by atoms with Crippen LogP contribution in [0, 0.1) is 12.3 Å². The zero-order valence-electron chi connectivity index (χ0n) is 17.7. The lowest BCUT2D eigenvalue weighted by atomic mass is 9.73. The maximum Gasteiger partial charge on any atom is 0.181 e. The predicted molar refractivity (Wildman–Crippen MR) is 122 cm³/mol. The third kappa shape index (κ3) is 4.33. The van der Waals surface area contributed by atoms with Gasteiger partial charge in [0.05, 0.1) is 18.3 Å². The molecule has 0 bridgehead atoms. The first-order valence-corrected chi connectivity index (χ1v) is 10.6. The van der Waals surface area contributed by atoms with Crippen LogP contribution >= 0.6 is 0 Å². The second-order valence-electron chi connectivity index (χ2n) is 7.90. The van der Waals surface area contributed by atoms with E-state index in [1.54, 1.807) is 6.33 Å². The van der Waals surface area contributed by atoms with Crippen LogP contribution in [0.25, 0.3) is 11.2 Å². The molecule has 160 valence electrons. The Balaban J connectivity index is 1.21. The van der Waals surface area contributed by atoms with Crippen molar-refractivity contribution in [3.63, 3.8) is 0 Å².